The van der Waals surface area contributed by atoms with Crippen molar-refractivity contribution < 1.29 is 0 Å². The van der Waals surface area contributed by atoms with Crippen molar-refractivity contribution in [2.24, 2.45) is 7.05 Å². The van der Waals surface area contributed by atoms with Crippen LogP contribution < -0.4 is 0 Å². The van der Waals surface area contributed by atoms with Gasteiger partial charge in [-0.1, -0.05) is 50.9 Å². The van der Waals surface area contributed by atoms with Gasteiger partial charge >= 0.3 is 0 Å². The highest BCUT2D eigenvalue weighted by molar-refractivity contribution is 6.31. The maximum absolute atomic E-state index is 5.92. The molecule has 2 aromatic heterocycles. The summed E-state index contributed by atoms with van der Waals surface area (Å²) in [6, 6.07) is 3.88. The van der Waals surface area contributed by atoms with E-state index in [1.54, 1.807) is 6.20 Å². The van der Waals surface area contributed by atoms with Crippen LogP contribution in [0.1, 0.15) is 50.7 Å². The summed E-state index contributed by atoms with van der Waals surface area (Å²) in [6.07, 6.45) is 5.72. The molecule has 2 aromatic rings. The Labute approximate surface area is 131 Å². The number of aryl methyl sites for hydroxylation is 1. The highest BCUT2D eigenvalue weighted by atomic mass is 35.5. The van der Waals surface area contributed by atoms with E-state index < -0.39 is 0 Å². The zero-order valence-corrected chi connectivity index (χ0v) is 14.2. The van der Waals surface area contributed by atoms with E-state index in [2.05, 4.69) is 38.9 Å². The van der Waals surface area contributed by atoms with E-state index in [0.717, 1.165) is 5.02 Å². The average molecular weight is 313 g/mol. The van der Waals surface area contributed by atoms with Gasteiger partial charge in [0.25, 0.3) is 0 Å². The van der Waals surface area contributed by atoms with Crippen molar-refractivity contribution >= 4 is 23.2 Å². The van der Waals surface area contributed by atoms with Gasteiger partial charge in [-0.2, -0.15) is 0 Å². The number of hydrogen-bond acceptors (Lipinski definition) is 1. The number of hydrogen-bond donors (Lipinski definition) is 0. The Kier molecular flexibility index (Phi) is 6.57. The summed E-state index contributed by atoms with van der Waals surface area (Å²) >= 11 is 11.6. The zero-order valence-electron chi connectivity index (χ0n) is 12.7. The van der Waals surface area contributed by atoms with Crippen molar-refractivity contribution in [3.8, 4) is 0 Å². The molecular weight excluding hydrogens is 291 g/mol. The van der Waals surface area contributed by atoms with Crippen molar-refractivity contribution in [3.63, 3.8) is 0 Å². The fraction of sp³-hybridized carbons (Fsp3) is 0.438. The smallest absolute Gasteiger partial charge is 0.129 e. The molecule has 0 atom stereocenters. The molecule has 0 unspecified atom stereocenters. The molecule has 2 nitrogen and oxygen atoms in total. The number of nitrogens with zero attached hydrogens (tertiary/aromatic N) is 2. The van der Waals surface area contributed by atoms with Crippen molar-refractivity contribution in [2.45, 2.75) is 39.5 Å². The van der Waals surface area contributed by atoms with Crippen LogP contribution in [0.5, 0.6) is 0 Å². The predicted molar refractivity (Wildman–Crippen MR) is 87.8 cm³/mol. The molecule has 0 saturated heterocycles. The summed E-state index contributed by atoms with van der Waals surface area (Å²) in [4.78, 5) is 3.89. The Morgan fingerprint density at radius 3 is 2.00 bits per heavy atom. The summed E-state index contributed by atoms with van der Waals surface area (Å²) in [6.45, 7) is 8.54. The second kappa shape index (κ2) is 7.70. The van der Waals surface area contributed by atoms with Gasteiger partial charge in [-0.3, -0.25) is 0 Å². The lowest BCUT2D eigenvalue weighted by molar-refractivity contribution is 0.849. The first-order valence-electron chi connectivity index (χ1n) is 6.74. The molecule has 2 heterocycles. The Balaban J connectivity index is 0.000000200. The maximum Gasteiger partial charge on any atom is 0.129 e. The normalized spacial score (nSPS) is 10.7. The van der Waals surface area contributed by atoms with Gasteiger partial charge in [-0.05, 0) is 35.1 Å². The summed E-state index contributed by atoms with van der Waals surface area (Å²) < 4.78 is 1.98. The van der Waals surface area contributed by atoms with E-state index in [9.17, 15) is 0 Å². The SMILES string of the molecule is CC(C)c1ccnc(Cl)c1.CC(C)c1cn(C)cc1Cl. The van der Waals surface area contributed by atoms with E-state index in [-0.39, 0.29) is 0 Å². The maximum atomic E-state index is 5.92. The molecule has 110 valence electrons. The largest absolute Gasteiger partial charge is 0.355 e. The number of halogens is 2. The van der Waals surface area contributed by atoms with Crippen LogP contribution in [0.3, 0.4) is 0 Å². The second-order valence-electron chi connectivity index (χ2n) is 5.45. The predicted octanol–water partition coefficient (Wildman–Crippen LogP) is 5.66. The summed E-state index contributed by atoms with van der Waals surface area (Å²) in [7, 11) is 1.98. The Morgan fingerprint density at radius 2 is 1.70 bits per heavy atom. The summed E-state index contributed by atoms with van der Waals surface area (Å²) in [5.74, 6) is 1.05. The Morgan fingerprint density at radius 1 is 1.05 bits per heavy atom. The molecule has 0 fully saturated rings. The minimum atomic E-state index is 0.522. The third kappa shape index (κ3) is 5.18. The first-order valence-corrected chi connectivity index (χ1v) is 7.49. The van der Waals surface area contributed by atoms with Gasteiger partial charge in [0.05, 0.1) is 5.02 Å². The quantitative estimate of drug-likeness (QED) is 0.654. The van der Waals surface area contributed by atoms with E-state index >= 15 is 0 Å². The highest BCUT2D eigenvalue weighted by Gasteiger charge is 2.05. The molecule has 0 spiro atoms. The van der Waals surface area contributed by atoms with Crippen LogP contribution in [-0.4, -0.2) is 9.55 Å². The highest BCUT2D eigenvalue weighted by Crippen LogP contribution is 2.24. The van der Waals surface area contributed by atoms with Crippen molar-refractivity contribution in [1.29, 1.82) is 0 Å². The molecule has 0 radical (unpaired) electrons. The van der Waals surface area contributed by atoms with Crippen LogP contribution in [-0.2, 0) is 7.05 Å². The van der Waals surface area contributed by atoms with Gasteiger partial charge in [0.2, 0.25) is 0 Å². The van der Waals surface area contributed by atoms with Crippen LogP contribution in [0.4, 0.5) is 0 Å². The third-order valence-corrected chi connectivity index (χ3v) is 3.50. The monoisotopic (exact) mass is 312 g/mol. The van der Waals surface area contributed by atoms with E-state index in [4.69, 9.17) is 23.2 Å². The zero-order chi connectivity index (χ0) is 15.3. The molecule has 0 aliphatic carbocycles. The summed E-state index contributed by atoms with van der Waals surface area (Å²) in [5.41, 5.74) is 2.46. The van der Waals surface area contributed by atoms with Gasteiger partial charge in [-0.25, -0.2) is 4.98 Å². The Hall–Kier alpha value is -0.990. The first-order chi connectivity index (χ1) is 9.31. The lowest BCUT2D eigenvalue weighted by Crippen LogP contribution is -1.86. The van der Waals surface area contributed by atoms with Crippen molar-refractivity contribution in [2.75, 3.05) is 0 Å². The van der Waals surface area contributed by atoms with E-state index in [0.29, 0.717) is 17.0 Å². The van der Waals surface area contributed by atoms with Crippen LogP contribution >= 0.6 is 23.2 Å². The van der Waals surface area contributed by atoms with Gasteiger partial charge in [-0.15, -0.1) is 0 Å². The van der Waals surface area contributed by atoms with Crippen molar-refractivity contribution in [1.82, 2.24) is 9.55 Å². The van der Waals surface area contributed by atoms with Crippen LogP contribution in [0.2, 0.25) is 10.2 Å². The topological polar surface area (TPSA) is 17.8 Å². The Bertz CT molecular complexity index is 545. The standard InChI is InChI=1S/C8H12ClN.C8H10ClN/c1-6(2)7-4-10(3)5-8(7)9;1-6(2)7-3-4-10-8(9)5-7/h4-6H,1-3H3;3-6H,1-2H3. The van der Waals surface area contributed by atoms with Crippen LogP contribution in [0.15, 0.2) is 30.7 Å². The van der Waals surface area contributed by atoms with E-state index in [1.807, 2.05) is 29.9 Å². The first kappa shape index (κ1) is 17.1. The molecule has 0 aliphatic heterocycles. The minimum absolute atomic E-state index is 0.522. The molecule has 4 heteroatoms. The molecule has 2 rings (SSSR count). The molecular formula is C16H22Cl2N2. The molecule has 0 aliphatic rings. The lowest BCUT2D eigenvalue weighted by Gasteiger charge is -2.02. The van der Waals surface area contributed by atoms with Gasteiger partial charge in [0, 0.05) is 25.6 Å². The number of rotatable bonds is 2. The van der Waals surface area contributed by atoms with Gasteiger partial charge < -0.3 is 4.57 Å². The molecule has 0 N–H and O–H groups in total. The fourth-order valence-electron chi connectivity index (χ4n) is 1.77. The average Bonchev–Trinajstić information content (AvgIpc) is 2.69. The lowest BCUT2D eigenvalue weighted by atomic mass is 10.1. The van der Waals surface area contributed by atoms with Gasteiger partial charge in [0.15, 0.2) is 0 Å². The van der Waals surface area contributed by atoms with Gasteiger partial charge in [0.1, 0.15) is 5.15 Å². The molecule has 0 bridgehead atoms. The molecule has 20 heavy (non-hydrogen) atoms. The van der Waals surface area contributed by atoms with Crippen LogP contribution in [0, 0.1) is 0 Å². The molecule has 0 amide bonds. The van der Waals surface area contributed by atoms with Crippen molar-refractivity contribution in [3.05, 3.63) is 52.0 Å². The number of pyridine rings is 1. The fourth-order valence-corrected chi connectivity index (χ4v) is 2.38. The third-order valence-electron chi connectivity index (χ3n) is 2.97. The minimum Gasteiger partial charge on any atom is -0.355 e. The van der Waals surface area contributed by atoms with Crippen LogP contribution in [0.25, 0.3) is 0 Å². The second-order valence-corrected chi connectivity index (χ2v) is 6.24. The summed E-state index contributed by atoms with van der Waals surface area (Å²) in [5, 5.41) is 1.45. The molecule has 0 aromatic carbocycles. The van der Waals surface area contributed by atoms with E-state index in [1.165, 1.54) is 11.1 Å². The number of aromatic nitrogens is 2. The molecule has 0 saturated carbocycles.